The minimum Gasteiger partial charge on any atom is -0.489 e. The molecule has 0 aromatic heterocycles. The molecule has 5 nitrogen and oxygen atoms in total. The van der Waals surface area contributed by atoms with Crippen LogP contribution in [0.5, 0.6) is 5.75 Å². The molecule has 240 valence electrons. The first-order valence-electron chi connectivity index (χ1n) is 16.4. The Morgan fingerprint density at radius 2 is 1.13 bits per heavy atom. The van der Waals surface area contributed by atoms with Crippen LogP contribution in [0.2, 0.25) is 0 Å². The Bertz CT molecular complexity index is 1790. The molecule has 0 saturated carbocycles. The van der Waals surface area contributed by atoms with Gasteiger partial charge < -0.3 is 14.2 Å². The zero-order valence-corrected chi connectivity index (χ0v) is 27.5. The molecule has 0 amide bonds. The van der Waals surface area contributed by atoms with Gasteiger partial charge in [0.25, 0.3) is 0 Å². The summed E-state index contributed by atoms with van der Waals surface area (Å²) < 4.78 is 17.6. The van der Waals surface area contributed by atoms with E-state index in [0.717, 1.165) is 48.1 Å². The standard InChI is InChI=1S/C42H42O5/c1-4-12-31-20-23-39(35(24-31)13-5-2)40-26-38(22-18-30(40)3)45-27-32-19-21-36(28-46-41(43)33-14-8-6-9-15-33)37(25-32)29-47-42(44)34-16-10-7-11-17-34/h6-11,14-26H,4-5,12-13,27-29H2,1-3H3. The molecular weight excluding hydrogens is 584 g/mol. The highest BCUT2D eigenvalue weighted by Gasteiger charge is 2.14. The van der Waals surface area contributed by atoms with Gasteiger partial charge in [-0.3, -0.25) is 0 Å². The highest BCUT2D eigenvalue weighted by atomic mass is 16.5. The van der Waals surface area contributed by atoms with E-state index in [1.165, 1.54) is 27.8 Å². The van der Waals surface area contributed by atoms with E-state index in [0.29, 0.717) is 17.7 Å². The minimum absolute atomic E-state index is 0.0305. The minimum atomic E-state index is -0.420. The van der Waals surface area contributed by atoms with E-state index >= 15 is 0 Å². The van der Waals surface area contributed by atoms with Crippen molar-refractivity contribution in [1.82, 2.24) is 0 Å². The highest BCUT2D eigenvalue weighted by Crippen LogP contribution is 2.32. The van der Waals surface area contributed by atoms with E-state index < -0.39 is 11.9 Å². The molecule has 0 spiro atoms. The predicted molar refractivity (Wildman–Crippen MR) is 187 cm³/mol. The normalized spacial score (nSPS) is 10.8. The predicted octanol–water partition coefficient (Wildman–Crippen LogP) is 9.86. The van der Waals surface area contributed by atoms with Gasteiger partial charge in [0.15, 0.2) is 0 Å². The summed E-state index contributed by atoms with van der Waals surface area (Å²) in [7, 11) is 0. The Labute approximate surface area is 278 Å². The van der Waals surface area contributed by atoms with Crippen LogP contribution in [0, 0.1) is 6.92 Å². The van der Waals surface area contributed by atoms with Crippen molar-refractivity contribution >= 4 is 11.9 Å². The molecule has 0 radical (unpaired) electrons. The number of hydrogen-bond donors (Lipinski definition) is 0. The van der Waals surface area contributed by atoms with Gasteiger partial charge >= 0.3 is 11.9 Å². The second-order valence-corrected chi connectivity index (χ2v) is 11.7. The Morgan fingerprint density at radius 1 is 0.532 bits per heavy atom. The Hall–Kier alpha value is -5.16. The molecule has 0 fully saturated rings. The van der Waals surface area contributed by atoms with Crippen molar-refractivity contribution in [3.63, 3.8) is 0 Å². The fourth-order valence-electron chi connectivity index (χ4n) is 5.62. The number of aryl methyl sites for hydroxylation is 3. The molecular formula is C42H42O5. The van der Waals surface area contributed by atoms with Crippen LogP contribution in [-0.2, 0) is 42.1 Å². The average Bonchev–Trinajstić information content (AvgIpc) is 3.11. The molecule has 0 aliphatic heterocycles. The summed E-state index contributed by atoms with van der Waals surface area (Å²) >= 11 is 0. The van der Waals surface area contributed by atoms with Crippen LogP contribution in [0.25, 0.3) is 11.1 Å². The van der Waals surface area contributed by atoms with Gasteiger partial charge in [-0.2, -0.15) is 0 Å². The lowest BCUT2D eigenvalue weighted by Crippen LogP contribution is -2.10. The topological polar surface area (TPSA) is 61.8 Å². The van der Waals surface area contributed by atoms with Gasteiger partial charge in [0, 0.05) is 0 Å². The van der Waals surface area contributed by atoms with Gasteiger partial charge in [-0.25, -0.2) is 9.59 Å². The largest absolute Gasteiger partial charge is 0.489 e. The second-order valence-electron chi connectivity index (χ2n) is 11.7. The van der Waals surface area contributed by atoms with Gasteiger partial charge in [0.05, 0.1) is 11.1 Å². The first-order valence-corrected chi connectivity index (χ1v) is 16.4. The van der Waals surface area contributed by atoms with Crippen LogP contribution in [0.1, 0.15) is 80.8 Å². The summed E-state index contributed by atoms with van der Waals surface area (Å²) in [6.45, 7) is 6.98. The summed E-state index contributed by atoms with van der Waals surface area (Å²) in [6.07, 6.45) is 4.33. The summed E-state index contributed by atoms with van der Waals surface area (Å²) in [5.74, 6) is -0.0528. The molecule has 0 aliphatic rings. The number of rotatable bonds is 14. The number of carbonyl (C=O) groups is 2. The lowest BCUT2D eigenvalue weighted by atomic mass is 9.91. The molecule has 0 saturated heterocycles. The Morgan fingerprint density at radius 3 is 1.77 bits per heavy atom. The fraction of sp³-hybridized carbons (Fsp3) is 0.238. The molecule has 47 heavy (non-hydrogen) atoms. The summed E-state index contributed by atoms with van der Waals surface area (Å²) in [4.78, 5) is 25.4. The number of hydrogen-bond acceptors (Lipinski definition) is 5. The number of benzene rings is 5. The van der Waals surface area contributed by atoms with E-state index in [-0.39, 0.29) is 13.2 Å². The molecule has 5 aromatic carbocycles. The molecule has 0 unspecified atom stereocenters. The van der Waals surface area contributed by atoms with Crippen LogP contribution >= 0.6 is 0 Å². The van der Waals surface area contributed by atoms with Crippen LogP contribution in [-0.4, -0.2) is 11.9 Å². The third kappa shape index (κ3) is 8.98. The lowest BCUT2D eigenvalue weighted by molar-refractivity contribution is 0.0435. The van der Waals surface area contributed by atoms with E-state index in [9.17, 15) is 9.59 Å². The van der Waals surface area contributed by atoms with Crippen molar-refractivity contribution in [3.8, 4) is 16.9 Å². The van der Waals surface area contributed by atoms with Gasteiger partial charge in [-0.1, -0.05) is 99.5 Å². The van der Waals surface area contributed by atoms with E-state index in [1.807, 2.05) is 36.4 Å². The third-order valence-electron chi connectivity index (χ3n) is 8.14. The van der Waals surface area contributed by atoms with Gasteiger partial charge in [0.2, 0.25) is 0 Å². The van der Waals surface area contributed by atoms with Crippen molar-refractivity contribution in [2.24, 2.45) is 0 Å². The highest BCUT2D eigenvalue weighted by molar-refractivity contribution is 5.89. The van der Waals surface area contributed by atoms with Crippen LogP contribution in [0.4, 0.5) is 0 Å². The van der Waals surface area contributed by atoms with Gasteiger partial charge in [-0.05, 0) is 107 Å². The second kappa shape index (κ2) is 16.4. The van der Waals surface area contributed by atoms with Crippen molar-refractivity contribution in [1.29, 1.82) is 0 Å². The van der Waals surface area contributed by atoms with Crippen LogP contribution in [0.15, 0.2) is 115 Å². The zero-order chi connectivity index (χ0) is 33.0. The summed E-state index contributed by atoms with van der Waals surface area (Å²) in [5, 5.41) is 0. The number of ether oxygens (including phenoxy) is 3. The van der Waals surface area contributed by atoms with Crippen molar-refractivity contribution in [2.45, 2.75) is 66.3 Å². The molecule has 0 aliphatic carbocycles. The molecule has 0 atom stereocenters. The molecule has 5 aromatic rings. The van der Waals surface area contributed by atoms with Crippen molar-refractivity contribution in [2.75, 3.05) is 0 Å². The number of esters is 2. The van der Waals surface area contributed by atoms with Crippen LogP contribution in [0.3, 0.4) is 0 Å². The maximum Gasteiger partial charge on any atom is 0.338 e. The third-order valence-corrected chi connectivity index (χ3v) is 8.14. The summed E-state index contributed by atoms with van der Waals surface area (Å²) in [6, 6.07) is 36.7. The van der Waals surface area contributed by atoms with E-state index in [4.69, 9.17) is 14.2 Å². The monoisotopic (exact) mass is 626 g/mol. The SMILES string of the molecule is CCCc1ccc(-c2cc(OCc3ccc(COC(=O)c4ccccc4)c(COC(=O)c4ccccc4)c3)ccc2C)c(CCC)c1. The smallest absolute Gasteiger partial charge is 0.338 e. The quantitative estimate of drug-likeness (QED) is 0.115. The maximum atomic E-state index is 12.7. The van der Waals surface area contributed by atoms with Crippen molar-refractivity contribution < 1.29 is 23.8 Å². The Balaban J connectivity index is 1.34. The van der Waals surface area contributed by atoms with E-state index in [1.54, 1.807) is 48.5 Å². The Kier molecular flexibility index (Phi) is 11.6. The van der Waals surface area contributed by atoms with Crippen LogP contribution < -0.4 is 4.74 Å². The molecule has 5 heteroatoms. The maximum absolute atomic E-state index is 12.7. The molecule has 0 N–H and O–H groups in total. The lowest BCUT2D eigenvalue weighted by Gasteiger charge is -2.16. The first kappa shape index (κ1) is 33.2. The number of carbonyl (C=O) groups excluding carboxylic acids is 2. The van der Waals surface area contributed by atoms with E-state index in [2.05, 4.69) is 51.1 Å². The fourth-order valence-corrected chi connectivity index (χ4v) is 5.62. The van der Waals surface area contributed by atoms with Gasteiger partial charge in [-0.15, -0.1) is 0 Å². The molecule has 5 rings (SSSR count). The first-order chi connectivity index (χ1) is 22.9. The molecule has 0 bridgehead atoms. The van der Waals surface area contributed by atoms with Gasteiger partial charge in [0.1, 0.15) is 25.6 Å². The molecule has 0 heterocycles. The zero-order valence-electron chi connectivity index (χ0n) is 27.5. The summed E-state index contributed by atoms with van der Waals surface area (Å²) in [5.41, 5.74) is 9.76. The van der Waals surface area contributed by atoms with Crippen molar-refractivity contribution in [3.05, 3.63) is 160 Å². The average molecular weight is 627 g/mol.